The van der Waals surface area contributed by atoms with E-state index in [4.69, 9.17) is 0 Å². The van der Waals surface area contributed by atoms with E-state index in [1.54, 1.807) is 17.9 Å². The molecule has 1 amide bonds. The van der Waals surface area contributed by atoms with Crippen LogP contribution in [0.5, 0.6) is 0 Å². The predicted molar refractivity (Wildman–Crippen MR) is 117 cm³/mol. The van der Waals surface area contributed by atoms with Crippen LogP contribution in [0.1, 0.15) is 41.0 Å². The summed E-state index contributed by atoms with van der Waals surface area (Å²) < 4.78 is 79.8. The van der Waals surface area contributed by atoms with Crippen LogP contribution in [0, 0.1) is 11.2 Å². The van der Waals surface area contributed by atoms with Crippen LogP contribution in [-0.4, -0.2) is 69.0 Å². The van der Waals surface area contributed by atoms with E-state index >= 15 is 0 Å². The number of nitrogens with zero attached hydrogens (tertiary/aromatic N) is 5. The van der Waals surface area contributed by atoms with Crippen molar-refractivity contribution in [3.05, 3.63) is 59.3 Å². The van der Waals surface area contributed by atoms with E-state index in [2.05, 4.69) is 15.3 Å². The van der Waals surface area contributed by atoms with E-state index in [-0.39, 0.29) is 28.5 Å². The third-order valence-electron chi connectivity index (χ3n) is 6.57. The van der Waals surface area contributed by atoms with Crippen LogP contribution >= 0.6 is 0 Å². The Morgan fingerprint density at radius 1 is 1.14 bits per heavy atom. The van der Waals surface area contributed by atoms with Gasteiger partial charge in [-0.2, -0.15) is 13.2 Å². The van der Waals surface area contributed by atoms with Gasteiger partial charge in [-0.05, 0) is 13.0 Å². The summed E-state index contributed by atoms with van der Waals surface area (Å²) in [6.07, 6.45) is -4.28. The number of carbonyl (C=O) groups is 1. The van der Waals surface area contributed by atoms with Gasteiger partial charge in [0, 0.05) is 49.6 Å². The van der Waals surface area contributed by atoms with Crippen molar-refractivity contribution >= 4 is 17.5 Å². The molecule has 192 valence electrons. The van der Waals surface area contributed by atoms with Gasteiger partial charge in [0.25, 0.3) is 12.3 Å². The summed E-state index contributed by atoms with van der Waals surface area (Å²) in [5.41, 5.74) is -0.441. The maximum absolute atomic E-state index is 14.6. The Labute approximate surface area is 201 Å². The van der Waals surface area contributed by atoms with Gasteiger partial charge in [0.15, 0.2) is 0 Å². The molecule has 2 fully saturated rings. The zero-order chi connectivity index (χ0) is 25.8. The predicted octanol–water partition coefficient (Wildman–Crippen LogP) is 4.30. The number of hydrogen-bond donors (Lipinski definition) is 1. The highest BCUT2D eigenvalue weighted by Crippen LogP contribution is 2.41. The molecule has 2 saturated heterocycles. The molecule has 36 heavy (non-hydrogen) atoms. The fourth-order valence-corrected chi connectivity index (χ4v) is 5.01. The van der Waals surface area contributed by atoms with Crippen molar-refractivity contribution in [3.8, 4) is 0 Å². The average molecular weight is 512 g/mol. The number of fused-ring (bicyclic) bond motifs is 1. The first-order valence-electron chi connectivity index (χ1n) is 11.2. The Bertz CT molecular complexity index is 1290. The lowest BCUT2D eigenvalue weighted by Gasteiger charge is -2.60. The van der Waals surface area contributed by atoms with Crippen LogP contribution in [-0.2, 0) is 0 Å². The van der Waals surface area contributed by atoms with Crippen LogP contribution < -0.4 is 5.32 Å². The van der Waals surface area contributed by atoms with Gasteiger partial charge in [-0.25, -0.2) is 23.1 Å². The molecule has 4 heterocycles. The van der Waals surface area contributed by atoms with Gasteiger partial charge < -0.3 is 10.2 Å². The molecular weight excluding hydrogens is 490 g/mol. The molecule has 0 bridgehead atoms. The second-order valence-electron chi connectivity index (χ2n) is 9.46. The number of benzene rings is 1. The molecule has 0 aliphatic carbocycles. The Hall–Kier alpha value is -3.35. The van der Waals surface area contributed by atoms with Gasteiger partial charge in [-0.15, -0.1) is 0 Å². The maximum Gasteiger partial charge on any atom is 0.401 e. The molecule has 2 aromatic heterocycles. The van der Waals surface area contributed by atoms with Crippen LogP contribution in [0.25, 0.3) is 5.65 Å². The number of rotatable bonds is 6. The summed E-state index contributed by atoms with van der Waals surface area (Å²) in [7, 11) is 0. The van der Waals surface area contributed by atoms with E-state index in [0.717, 1.165) is 6.07 Å². The first kappa shape index (κ1) is 24.3. The first-order valence-corrected chi connectivity index (χ1v) is 11.2. The van der Waals surface area contributed by atoms with Gasteiger partial charge in [0.2, 0.25) is 5.95 Å². The SMILES string of the molecule is C[C@@H](Nc1nccc2nc(C(=O)N3CC4(CN(CC(F)(F)F)C4)C3)cn12)c1cccc(C(F)F)c1F. The number of halogens is 6. The van der Waals surface area contributed by atoms with Gasteiger partial charge in [-0.3, -0.25) is 14.1 Å². The standard InChI is InChI=1S/C23H22F6N6O/c1-13(14-3-2-4-15(18(14)24)19(25)26)31-21-30-6-5-17-32-16(7-35(17)21)20(36)34-10-22(11-34)8-33(9-22)12-23(27,28)29/h2-7,13,19H,8-12H2,1H3,(H,30,31)/t13-/m1/s1. The molecule has 2 aliphatic heterocycles. The molecule has 0 radical (unpaired) electrons. The van der Waals surface area contributed by atoms with Crippen LogP contribution in [0.15, 0.2) is 36.7 Å². The molecule has 13 heteroatoms. The molecule has 1 aromatic carbocycles. The molecule has 5 rings (SSSR count). The molecule has 3 aromatic rings. The average Bonchev–Trinajstić information content (AvgIpc) is 3.18. The van der Waals surface area contributed by atoms with Crippen LogP contribution in [0.3, 0.4) is 0 Å². The molecule has 2 aliphatic rings. The maximum atomic E-state index is 14.6. The second kappa shape index (κ2) is 8.64. The van der Waals surface area contributed by atoms with E-state index in [1.165, 1.54) is 33.8 Å². The third-order valence-corrected chi connectivity index (χ3v) is 6.57. The van der Waals surface area contributed by atoms with Gasteiger partial charge in [-0.1, -0.05) is 18.2 Å². The smallest absolute Gasteiger partial charge is 0.349 e. The van der Waals surface area contributed by atoms with Crippen molar-refractivity contribution in [1.82, 2.24) is 24.2 Å². The topological polar surface area (TPSA) is 65.8 Å². The van der Waals surface area contributed by atoms with E-state index < -0.39 is 36.6 Å². The number of alkyl halides is 5. The quantitative estimate of drug-likeness (QED) is 0.499. The molecular formula is C23H22F6N6O. The normalized spacial score (nSPS) is 18.4. The summed E-state index contributed by atoms with van der Waals surface area (Å²) in [6.45, 7) is 1.94. The number of aromatic nitrogens is 3. The van der Waals surface area contributed by atoms with Crippen molar-refractivity contribution < 1.29 is 31.1 Å². The van der Waals surface area contributed by atoms with Crippen molar-refractivity contribution in [2.75, 3.05) is 38.0 Å². The summed E-state index contributed by atoms with van der Waals surface area (Å²) in [4.78, 5) is 24.3. The van der Waals surface area contributed by atoms with Crippen molar-refractivity contribution in [2.45, 2.75) is 25.6 Å². The third kappa shape index (κ3) is 4.47. The molecule has 7 nitrogen and oxygen atoms in total. The number of anilines is 1. The Morgan fingerprint density at radius 2 is 1.83 bits per heavy atom. The molecule has 0 unspecified atom stereocenters. The number of imidazole rings is 1. The number of likely N-dealkylation sites (tertiary alicyclic amines) is 2. The molecule has 1 atom stereocenters. The summed E-state index contributed by atoms with van der Waals surface area (Å²) >= 11 is 0. The van der Waals surface area contributed by atoms with Crippen LogP contribution in [0.4, 0.5) is 32.3 Å². The number of hydrogen-bond acceptors (Lipinski definition) is 5. The highest BCUT2D eigenvalue weighted by molar-refractivity contribution is 5.93. The number of carbonyl (C=O) groups excluding carboxylic acids is 1. The minimum atomic E-state index is -4.24. The largest absolute Gasteiger partial charge is 0.401 e. The minimum Gasteiger partial charge on any atom is -0.349 e. The van der Waals surface area contributed by atoms with Gasteiger partial charge in [0.1, 0.15) is 17.2 Å². The lowest BCUT2D eigenvalue weighted by Crippen LogP contribution is -2.73. The Morgan fingerprint density at radius 3 is 2.50 bits per heavy atom. The van der Waals surface area contributed by atoms with E-state index in [1.807, 2.05) is 0 Å². The number of amides is 1. The van der Waals surface area contributed by atoms with E-state index in [0.29, 0.717) is 31.8 Å². The second-order valence-corrected chi connectivity index (χ2v) is 9.46. The fraction of sp³-hybridized carbons (Fsp3) is 0.435. The Balaban J connectivity index is 1.28. The Kier molecular flexibility index (Phi) is 5.85. The van der Waals surface area contributed by atoms with Crippen molar-refractivity contribution in [2.24, 2.45) is 5.41 Å². The van der Waals surface area contributed by atoms with Gasteiger partial charge in [0.05, 0.1) is 18.2 Å². The summed E-state index contributed by atoms with van der Waals surface area (Å²) in [5.74, 6) is -1.12. The van der Waals surface area contributed by atoms with E-state index in [9.17, 15) is 31.1 Å². The summed E-state index contributed by atoms with van der Waals surface area (Å²) in [5, 5.41) is 2.98. The lowest BCUT2D eigenvalue weighted by molar-refractivity contribution is -0.185. The highest BCUT2D eigenvalue weighted by atomic mass is 19.4. The number of nitrogens with one attached hydrogen (secondary N) is 1. The zero-order valence-corrected chi connectivity index (χ0v) is 19.1. The first-order chi connectivity index (χ1) is 16.9. The molecule has 0 saturated carbocycles. The monoisotopic (exact) mass is 512 g/mol. The molecule has 1 spiro atoms. The highest BCUT2D eigenvalue weighted by Gasteiger charge is 2.54. The zero-order valence-electron chi connectivity index (χ0n) is 19.1. The van der Waals surface area contributed by atoms with Crippen LogP contribution in [0.2, 0.25) is 0 Å². The van der Waals surface area contributed by atoms with Gasteiger partial charge >= 0.3 is 6.18 Å². The summed E-state index contributed by atoms with van der Waals surface area (Å²) in [6, 6.07) is 4.63. The van der Waals surface area contributed by atoms with Crippen molar-refractivity contribution in [3.63, 3.8) is 0 Å². The fourth-order valence-electron chi connectivity index (χ4n) is 5.01. The van der Waals surface area contributed by atoms with Crippen molar-refractivity contribution in [1.29, 1.82) is 0 Å². The molecule has 1 N–H and O–H groups in total. The lowest BCUT2D eigenvalue weighted by atomic mass is 9.72. The minimum absolute atomic E-state index is 0.0361.